The zero-order valence-electron chi connectivity index (χ0n) is 11.1. The molecule has 0 spiro atoms. The average molecular weight is 310 g/mol. The van der Waals surface area contributed by atoms with E-state index in [0.29, 0.717) is 26.2 Å². The van der Waals surface area contributed by atoms with Crippen LogP contribution in [0.3, 0.4) is 0 Å². The van der Waals surface area contributed by atoms with Gasteiger partial charge in [0.05, 0.1) is 39.5 Å². The van der Waals surface area contributed by atoms with Crippen LogP contribution < -0.4 is 0 Å². The lowest BCUT2D eigenvalue weighted by Crippen LogP contribution is -2.51. The van der Waals surface area contributed by atoms with Crippen LogP contribution in [0, 0.1) is 0 Å². The topological polar surface area (TPSA) is 105 Å². The molecule has 0 aromatic carbocycles. The molecular formula is C14H30O7. The second kappa shape index (κ2) is 10.1. The minimum absolute atomic E-state index is 0. The van der Waals surface area contributed by atoms with E-state index in [2.05, 4.69) is 4.74 Å². The lowest BCUT2D eigenvalue weighted by Gasteiger charge is -2.35. The van der Waals surface area contributed by atoms with Crippen molar-refractivity contribution in [2.45, 2.75) is 45.8 Å². The molecule has 0 amide bonds. The highest BCUT2D eigenvalue weighted by atomic mass is 16.6. The van der Waals surface area contributed by atoms with Crippen LogP contribution in [0.5, 0.6) is 0 Å². The molecule has 21 heavy (non-hydrogen) atoms. The van der Waals surface area contributed by atoms with E-state index in [4.69, 9.17) is 19.7 Å². The fourth-order valence-corrected chi connectivity index (χ4v) is 1.61. The van der Waals surface area contributed by atoms with Gasteiger partial charge in [-0.05, 0) is 6.92 Å². The number of carbonyl (C=O) groups is 1. The van der Waals surface area contributed by atoms with Gasteiger partial charge in [0.1, 0.15) is 11.2 Å². The van der Waals surface area contributed by atoms with Crippen molar-refractivity contribution in [2.75, 3.05) is 39.6 Å². The first-order valence-corrected chi connectivity index (χ1v) is 6.30. The molecule has 0 unspecified atom stereocenters. The summed E-state index contributed by atoms with van der Waals surface area (Å²) in [7, 11) is 0. The van der Waals surface area contributed by atoms with E-state index in [0.717, 1.165) is 0 Å². The normalized spacial score (nSPS) is 20.2. The minimum atomic E-state index is -0.952. The van der Waals surface area contributed by atoms with E-state index in [1.54, 1.807) is 6.92 Å². The maximum atomic E-state index is 10.8. The molecule has 2 heterocycles. The summed E-state index contributed by atoms with van der Waals surface area (Å²) in [5, 5.41) is 26.9. The summed E-state index contributed by atoms with van der Waals surface area (Å²) in [6.07, 6.45) is 0.480. The van der Waals surface area contributed by atoms with Gasteiger partial charge < -0.3 is 29.5 Å². The molecule has 2 saturated heterocycles. The number of hydrogen-bond acceptors (Lipinski definition) is 7. The monoisotopic (exact) mass is 310 g/mol. The van der Waals surface area contributed by atoms with E-state index >= 15 is 0 Å². The van der Waals surface area contributed by atoms with Gasteiger partial charge in [-0.25, -0.2) is 0 Å². The summed E-state index contributed by atoms with van der Waals surface area (Å²) in [5.74, 6) is -0.363. The van der Waals surface area contributed by atoms with Crippen molar-refractivity contribution in [1.82, 2.24) is 0 Å². The average Bonchev–Trinajstić information content (AvgIpc) is 2.26. The van der Waals surface area contributed by atoms with E-state index < -0.39 is 11.2 Å². The highest BCUT2D eigenvalue weighted by Gasteiger charge is 2.38. The van der Waals surface area contributed by atoms with Gasteiger partial charge >= 0.3 is 5.97 Å². The van der Waals surface area contributed by atoms with Crippen LogP contribution in [0.15, 0.2) is 0 Å². The molecule has 0 aromatic rings. The summed E-state index contributed by atoms with van der Waals surface area (Å²) >= 11 is 0. The molecule has 3 N–H and O–H groups in total. The van der Waals surface area contributed by atoms with Crippen LogP contribution in [0.4, 0.5) is 0 Å². The van der Waals surface area contributed by atoms with Gasteiger partial charge in [0.15, 0.2) is 0 Å². The largest absolute Gasteiger partial charge is 0.466 e. The van der Waals surface area contributed by atoms with Gasteiger partial charge in [0, 0.05) is 13.0 Å². The Morgan fingerprint density at radius 3 is 1.81 bits per heavy atom. The summed E-state index contributed by atoms with van der Waals surface area (Å²) < 4.78 is 14.1. The Morgan fingerprint density at radius 1 is 1.10 bits per heavy atom. The number of esters is 1. The Morgan fingerprint density at radius 2 is 1.57 bits per heavy atom. The molecule has 0 atom stereocenters. The highest BCUT2D eigenvalue weighted by Crippen LogP contribution is 2.21. The van der Waals surface area contributed by atoms with Gasteiger partial charge in [0.25, 0.3) is 0 Å². The zero-order valence-corrected chi connectivity index (χ0v) is 11.1. The molecule has 2 fully saturated rings. The lowest BCUT2D eigenvalue weighted by atomic mass is 9.98. The van der Waals surface area contributed by atoms with Gasteiger partial charge in [-0.2, -0.15) is 0 Å². The second-order valence-electron chi connectivity index (χ2n) is 4.89. The third-order valence-electron chi connectivity index (χ3n) is 2.84. The van der Waals surface area contributed by atoms with E-state index in [9.17, 15) is 9.90 Å². The van der Waals surface area contributed by atoms with Gasteiger partial charge in [0.2, 0.25) is 0 Å². The molecule has 7 heteroatoms. The SMILES string of the molecule is C.C.CCOC(=O)CC1(O)COC1.OCCC1(O)COC1. The molecule has 0 radical (unpaired) electrons. The summed E-state index contributed by atoms with van der Waals surface area (Å²) in [5.41, 5.74) is -1.65. The highest BCUT2D eigenvalue weighted by molar-refractivity contribution is 5.70. The van der Waals surface area contributed by atoms with Crippen LogP contribution in [0.2, 0.25) is 0 Å². The van der Waals surface area contributed by atoms with Crippen molar-refractivity contribution in [1.29, 1.82) is 0 Å². The van der Waals surface area contributed by atoms with Gasteiger partial charge in [-0.3, -0.25) is 4.79 Å². The minimum Gasteiger partial charge on any atom is -0.466 e. The van der Waals surface area contributed by atoms with Crippen molar-refractivity contribution in [2.24, 2.45) is 0 Å². The molecule has 0 aliphatic carbocycles. The number of hydrogen-bond donors (Lipinski definition) is 3. The van der Waals surface area contributed by atoms with Crippen LogP contribution in [-0.4, -0.2) is 72.1 Å². The van der Waals surface area contributed by atoms with Gasteiger partial charge in [-0.1, -0.05) is 14.9 Å². The zero-order chi connectivity index (χ0) is 14.4. The van der Waals surface area contributed by atoms with Crippen molar-refractivity contribution in [3.63, 3.8) is 0 Å². The fourth-order valence-electron chi connectivity index (χ4n) is 1.61. The standard InChI is InChI=1S/C7H12O4.C5H10O3.2CH4/c1-2-11-6(8)3-7(9)4-10-5-7;6-2-1-5(7)3-8-4-5;;/h9H,2-5H2,1H3;6-7H,1-4H2;2*1H4. The molecule has 2 aliphatic rings. The Kier molecular flexibility index (Phi) is 10.8. The number of carbonyl (C=O) groups excluding carboxylic acids is 1. The first-order chi connectivity index (χ1) is 8.93. The molecule has 0 saturated carbocycles. The maximum Gasteiger partial charge on any atom is 0.308 e. The molecule has 7 nitrogen and oxygen atoms in total. The molecule has 2 aliphatic heterocycles. The quantitative estimate of drug-likeness (QED) is 0.619. The Hall–Kier alpha value is -0.730. The van der Waals surface area contributed by atoms with E-state index in [-0.39, 0.29) is 47.1 Å². The number of ether oxygens (including phenoxy) is 3. The van der Waals surface area contributed by atoms with Crippen molar-refractivity contribution in [3.05, 3.63) is 0 Å². The molecule has 2 rings (SSSR count). The van der Waals surface area contributed by atoms with Crippen LogP contribution in [0.1, 0.15) is 34.6 Å². The summed E-state index contributed by atoms with van der Waals surface area (Å²) in [6.45, 7) is 3.38. The van der Waals surface area contributed by atoms with Crippen molar-refractivity contribution in [3.8, 4) is 0 Å². The third-order valence-corrected chi connectivity index (χ3v) is 2.84. The second-order valence-corrected chi connectivity index (χ2v) is 4.89. The van der Waals surface area contributed by atoms with Crippen molar-refractivity contribution < 1.29 is 34.3 Å². The first kappa shape index (κ1) is 22.5. The van der Waals surface area contributed by atoms with Crippen LogP contribution in [-0.2, 0) is 19.0 Å². The molecule has 0 aromatic heterocycles. The number of aliphatic hydroxyl groups excluding tert-OH is 1. The van der Waals surface area contributed by atoms with Gasteiger partial charge in [-0.15, -0.1) is 0 Å². The Bertz CT molecular complexity index is 285. The Labute approximate surface area is 126 Å². The Balaban J connectivity index is 0. The molecule has 128 valence electrons. The molecule has 0 bridgehead atoms. The fraction of sp³-hybridized carbons (Fsp3) is 0.929. The molecular weight excluding hydrogens is 280 g/mol. The number of aliphatic hydroxyl groups is 3. The van der Waals surface area contributed by atoms with E-state index in [1.165, 1.54) is 0 Å². The summed E-state index contributed by atoms with van der Waals surface area (Å²) in [6, 6.07) is 0. The lowest BCUT2D eigenvalue weighted by molar-refractivity contribution is -0.192. The van der Waals surface area contributed by atoms with Crippen molar-refractivity contribution >= 4 is 5.97 Å². The summed E-state index contributed by atoms with van der Waals surface area (Å²) in [4.78, 5) is 10.8. The third kappa shape index (κ3) is 7.73. The predicted molar refractivity (Wildman–Crippen MR) is 78.0 cm³/mol. The first-order valence-electron chi connectivity index (χ1n) is 6.30. The van der Waals surface area contributed by atoms with Crippen LogP contribution >= 0.6 is 0 Å². The van der Waals surface area contributed by atoms with Crippen LogP contribution in [0.25, 0.3) is 0 Å². The smallest absolute Gasteiger partial charge is 0.308 e. The number of rotatable bonds is 5. The maximum absolute atomic E-state index is 10.8. The predicted octanol–water partition coefficient (Wildman–Crippen LogP) is 0.103. The van der Waals surface area contributed by atoms with E-state index in [1.807, 2.05) is 0 Å².